The summed E-state index contributed by atoms with van der Waals surface area (Å²) in [5.74, 6) is 0.689. The first-order valence-electron chi connectivity index (χ1n) is 7.38. The first-order chi connectivity index (χ1) is 9.63. The number of ether oxygens (including phenoxy) is 1. The predicted octanol–water partition coefficient (Wildman–Crippen LogP) is 2.72. The lowest BCUT2D eigenvalue weighted by atomic mass is 10.1. The number of hydrogen-bond acceptors (Lipinski definition) is 3. The lowest BCUT2D eigenvalue weighted by Gasteiger charge is -2.11. The SMILES string of the molecule is CC(C)Oc1cccc(C(=O)NCCCCCCN)c1. The largest absolute Gasteiger partial charge is 0.491 e. The highest BCUT2D eigenvalue weighted by atomic mass is 16.5. The fourth-order valence-corrected chi connectivity index (χ4v) is 1.91. The van der Waals surface area contributed by atoms with E-state index < -0.39 is 0 Å². The first-order valence-corrected chi connectivity index (χ1v) is 7.38. The van der Waals surface area contributed by atoms with E-state index in [4.69, 9.17) is 10.5 Å². The number of nitrogens with one attached hydrogen (secondary N) is 1. The molecule has 1 aromatic rings. The van der Waals surface area contributed by atoms with Crippen LogP contribution in [0.2, 0.25) is 0 Å². The van der Waals surface area contributed by atoms with E-state index in [1.807, 2.05) is 26.0 Å². The maximum atomic E-state index is 12.0. The molecule has 0 spiro atoms. The van der Waals surface area contributed by atoms with E-state index in [1.54, 1.807) is 12.1 Å². The molecule has 0 saturated carbocycles. The molecule has 0 aromatic heterocycles. The zero-order valence-electron chi connectivity index (χ0n) is 12.5. The Morgan fingerprint density at radius 2 is 2.00 bits per heavy atom. The van der Waals surface area contributed by atoms with Crippen LogP contribution in [0.4, 0.5) is 0 Å². The zero-order chi connectivity index (χ0) is 14.8. The summed E-state index contributed by atoms with van der Waals surface area (Å²) >= 11 is 0. The molecule has 0 aliphatic rings. The predicted molar refractivity (Wildman–Crippen MR) is 82.1 cm³/mol. The van der Waals surface area contributed by atoms with Crippen molar-refractivity contribution in [3.05, 3.63) is 29.8 Å². The molecule has 0 aliphatic heterocycles. The number of nitrogens with two attached hydrogens (primary N) is 1. The number of rotatable bonds is 9. The molecule has 112 valence electrons. The summed E-state index contributed by atoms with van der Waals surface area (Å²) in [6, 6.07) is 7.29. The van der Waals surface area contributed by atoms with Crippen molar-refractivity contribution in [3.8, 4) is 5.75 Å². The van der Waals surface area contributed by atoms with Crippen molar-refractivity contribution in [1.29, 1.82) is 0 Å². The average Bonchev–Trinajstić information content (AvgIpc) is 2.42. The molecule has 0 fully saturated rings. The normalized spacial score (nSPS) is 10.6. The fraction of sp³-hybridized carbons (Fsp3) is 0.562. The Morgan fingerprint density at radius 3 is 2.70 bits per heavy atom. The van der Waals surface area contributed by atoms with Crippen molar-refractivity contribution in [2.75, 3.05) is 13.1 Å². The van der Waals surface area contributed by atoms with Crippen molar-refractivity contribution < 1.29 is 9.53 Å². The van der Waals surface area contributed by atoms with Gasteiger partial charge in [-0.25, -0.2) is 0 Å². The van der Waals surface area contributed by atoms with E-state index in [0.717, 1.165) is 38.0 Å². The standard InChI is InChI=1S/C16H26N2O2/c1-13(2)20-15-9-7-8-14(12-15)16(19)18-11-6-4-3-5-10-17/h7-9,12-13H,3-6,10-11,17H2,1-2H3,(H,18,19). The summed E-state index contributed by atoms with van der Waals surface area (Å²) in [7, 11) is 0. The smallest absolute Gasteiger partial charge is 0.251 e. The van der Waals surface area contributed by atoms with Gasteiger partial charge < -0.3 is 15.8 Å². The number of hydrogen-bond donors (Lipinski definition) is 2. The van der Waals surface area contributed by atoms with Gasteiger partial charge in [0.25, 0.3) is 5.91 Å². The van der Waals surface area contributed by atoms with Gasteiger partial charge in [-0.3, -0.25) is 4.79 Å². The van der Waals surface area contributed by atoms with Gasteiger partial charge in [0.2, 0.25) is 0 Å². The van der Waals surface area contributed by atoms with Crippen LogP contribution in [-0.4, -0.2) is 25.1 Å². The van der Waals surface area contributed by atoms with Crippen molar-refractivity contribution >= 4 is 5.91 Å². The third-order valence-electron chi connectivity index (χ3n) is 2.88. The Hall–Kier alpha value is -1.55. The average molecular weight is 278 g/mol. The Balaban J connectivity index is 2.35. The van der Waals surface area contributed by atoms with Crippen molar-refractivity contribution in [1.82, 2.24) is 5.32 Å². The highest BCUT2D eigenvalue weighted by molar-refractivity contribution is 5.94. The van der Waals surface area contributed by atoms with E-state index in [2.05, 4.69) is 5.32 Å². The number of carbonyl (C=O) groups is 1. The molecular weight excluding hydrogens is 252 g/mol. The molecule has 1 rings (SSSR count). The monoisotopic (exact) mass is 278 g/mol. The van der Waals surface area contributed by atoms with Crippen molar-refractivity contribution in [2.45, 2.75) is 45.6 Å². The number of unbranched alkanes of at least 4 members (excludes halogenated alkanes) is 3. The molecule has 0 unspecified atom stereocenters. The van der Waals surface area contributed by atoms with Gasteiger partial charge in [0.05, 0.1) is 6.10 Å². The number of amides is 1. The van der Waals surface area contributed by atoms with E-state index in [0.29, 0.717) is 12.1 Å². The van der Waals surface area contributed by atoms with E-state index in [9.17, 15) is 4.79 Å². The maximum absolute atomic E-state index is 12.0. The summed E-state index contributed by atoms with van der Waals surface area (Å²) in [4.78, 5) is 12.0. The molecular formula is C16H26N2O2. The summed E-state index contributed by atoms with van der Waals surface area (Å²) in [5.41, 5.74) is 6.08. The molecule has 0 aliphatic carbocycles. The Labute approximate surface area is 121 Å². The van der Waals surface area contributed by atoms with Gasteiger partial charge >= 0.3 is 0 Å². The molecule has 3 N–H and O–H groups in total. The molecule has 4 heteroatoms. The Kier molecular flexibility index (Phi) is 7.73. The van der Waals surface area contributed by atoms with Crippen LogP contribution in [0.5, 0.6) is 5.75 Å². The van der Waals surface area contributed by atoms with Crippen LogP contribution in [0.25, 0.3) is 0 Å². The summed E-state index contributed by atoms with van der Waals surface area (Å²) in [6.45, 7) is 5.38. The van der Waals surface area contributed by atoms with E-state index >= 15 is 0 Å². The Bertz CT molecular complexity index is 405. The van der Waals surface area contributed by atoms with Crippen LogP contribution in [0.15, 0.2) is 24.3 Å². The molecule has 1 amide bonds. The maximum Gasteiger partial charge on any atom is 0.251 e. The van der Waals surface area contributed by atoms with Crippen LogP contribution < -0.4 is 15.8 Å². The molecule has 0 bridgehead atoms. The highest BCUT2D eigenvalue weighted by Crippen LogP contribution is 2.14. The van der Waals surface area contributed by atoms with Crippen LogP contribution >= 0.6 is 0 Å². The van der Waals surface area contributed by atoms with Gasteiger partial charge in [-0.05, 0) is 51.4 Å². The minimum atomic E-state index is -0.0435. The number of benzene rings is 1. The minimum Gasteiger partial charge on any atom is -0.491 e. The summed E-state index contributed by atoms with van der Waals surface area (Å²) in [6.07, 6.45) is 4.39. The third-order valence-corrected chi connectivity index (χ3v) is 2.88. The third kappa shape index (κ3) is 6.57. The molecule has 4 nitrogen and oxygen atoms in total. The van der Waals surface area contributed by atoms with Gasteiger partial charge in [0.1, 0.15) is 5.75 Å². The van der Waals surface area contributed by atoms with Crippen molar-refractivity contribution in [3.63, 3.8) is 0 Å². The lowest BCUT2D eigenvalue weighted by Crippen LogP contribution is -2.24. The molecule has 20 heavy (non-hydrogen) atoms. The van der Waals surface area contributed by atoms with Gasteiger partial charge in [0.15, 0.2) is 0 Å². The van der Waals surface area contributed by atoms with Crippen LogP contribution in [0, 0.1) is 0 Å². The second-order valence-electron chi connectivity index (χ2n) is 5.15. The lowest BCUT2D eigenvalue weighted by molar-refractivity contribution is 0.0952. The van der Waals surface area contributed by atoms with Gasteiger partial charge in [-0.2, -0.15) is 0 Å². The molecule has 0 heterocycles. The first kappa shape index (κ1) is 16.5. The van der Waals surface area contributed by atoms with Gasteiger partial charge in [-0.15, -0.1) is 0 Å². The van der Waals surface area contributed by atoms with Crippen LogP contribution in [-0.2, 0) is 0 Å². The molecule has 0 atom stereocenters. The topological polar surface area (TPSA) is 64.3 Å². The second-order valence-corrected chi connectivity index (χ2v) is 5.15. The Morgan fingerprint density at radius 1 is 1.25 bits per heavy atom. The minimum absolute atomic E-state index is 0.0435. The summed E-state index contributed by atoms with van der Waals surface area (Å²) in [5, 5.41) is 2.93. The van der Waals surface area contributed by atoms with Gasteiger partial charge in [0, 0.05) is 12.1 Å². The van der Waals surface area contributed by atoms with Crippen LogP contribution in [0.1, 0.15) is 49.9 Å². The van der Waals surface area contributed by atoms with Crippen LogP contribution in [0.3, 0.4) is 0 Å². The van der Waals surface area contributed by atoms with E-state index in [1.165, 1.54) is 0 Å². The molecule has 1 aromatic carbocycles. The fourth-order valence-electron chi connectivity index (χ4n) is 1.91. The quantitative estimate of drug-likeness (QED) is 0.683. The second kappa shape index (κ2) is 9.37. The number of carbonyl (C=O) groups excluding carboxylic acids is 1. The van der Waals surface area contributed by atoms with Gasteiger partial charge in [-0.1, -0.05) is 18.9 Å². The summed E-state index contributed by atoms with van der Waals surface area (Å²) < 4.78 is 5.58. The van der Waals surface area contributed by atoms with Crippen molar-refractivity contribution in [2.24, 2.45) is 5.73 Å². The molecule has 0 radical (unpaired) electrons. The molecule has 0 saturated heterocycles. The zero-order valence-corrected chi connectivity index (χ0v) is 12.5. The van der Waals surface area contributed by atoms with E-state index in [-0.39, 0.29) is 12.0 Å². The highest BCUT2D eigenvalue weighted by Gasteiger charge is 2.06.